The van der Waals surface area contributed by atoms with Crippen LogP contribution in [0.25, 0.3) is 98.7 Å². The molecule has 0 aliphatic heterocycles. The molecule has 0 saturated carbocycles. The van der Waals surface area contributed by atoms with Crippen molar-refractivity contribution < 1.29 is 0 Å². The van der Waals surface area contributed by atoms with E-state index in [4.69, 9.17) is 0 Å². The smallest absolute Gasteiger partial charge is 0.0468 e. The van der Waals surface area contributed by atoms with Crippen LogP contribution in [-0.4, -0.2) is 0 Å². The Morgan fingerprint density at radius 3 is 1.42 bits per heavy atom. The molecule has 0 atom stereocenters. The van der Waals surface area contributed by atoms with Crippen LogP contribution in [0.2, 0.25) is 0 Å². The molecule has 0 heterocycles. The molecule has 0 saturated heterocycles. The Hall–Kier alpha value is -8.52. The van der Waals surface area contributed by atoms with Crippen LogP contribution in [0, 0.1) is 0 Å². The van der Waals surface area contributed by atoms with Gasteiger partial charge in [0.05, 0.1) is 0 Å². The molecule has 1 nitrogen and oxygen atoms in total. The lowest BCUT2D eigenvalue weighted by molar-refractivity contribution is 1.28. The molecule has 12 rings (SSSR count). The normalized spacial score (nSPS) is 11.4. The van der Waals surface area contributed by atoms with Crippen LogP contribution in [-0.2, 0) is 0 Å². The maximum absolute atomic E-state index is 2.40. The van der Waals surface area contributed by atoms with Gasteiger partial charge in [-0.3, -0.25) is 0 Å². The molecule has 0 aliphatic carbocycles. The highest BCUT2D eigenvalue weighted by Gasteiger charge is 2.18. The molecule has 0 bridgehead atoms. The van der Waals surface area contributed by atoms with Crippen molar-refractivity contribution in [3.63, 3.8) is 0 Å². The maximum atomic E-state index is 2.40. The lowest BCUT2D eigenvalue weighted by atomic mass is 9.91. The summed E-state index contributed by atoms with van der Waals surface area (Å²) in [5.74, 6) is 0. The molecule has 0 amide bonds. The van der Waals surface area contributed by atoms with Gasteiger partial charge in [-0.05, 0) is 147 Å². The van der Waals surface area contributed by atoms with Crippen LogP contribution in [0.1, 0.15) is 0 Å². The first-order valence-electron chi connectivity index (χ1n) is 22.4. The second-order valence-corrected chi connectivity index (χ2v) is 16.9. The lowest BCUT2D eigenvalue weighted by Gasteiger charge is -2.27. The molecule has 0 fully saturated rings. The van der Waals surface area contributed by atoms with E-state index in [1.54, 1.807) is 0 Å². The Labute approximate surface area is 379 Å². The van der Waals surface area contributed by atoms with Gasteiger partial charge in [0.25, 0.3) is 0 Å². The molecule has 12 aromatic carbocycles. The quantitative estimate of drug-likeness (QED) is 0.138. The van der Waals surface area contributed by atoms with E-state index in [0.29, 0.717) is 0 Å². The molecule has 65 heavy (non-hydrogen) atoms. The molecule has 304 valence electrons. The summed E-state index contributed by atoms with van der Waals surface area (Å²) < 4.78 is 0. The first-order valence-corrected chi connectivity index (χ1v) is 22.4. The van der Waals surface area contributed by atoms with E-state index in [1.165, 1.54) is 98.7 Å². The Morgan fingerprint density at radius 2 is 0.677 bits per heavy atom. The van der Waals surface area contributed by atoms with Gasteiger partial charge < -0.3 is 4.90 Å². The zero-order valence-corrected chi connectivity index (χ0v) is 35.8. The van der Waals surface area contributed by atoms with Crippen molar-refractivity contribution in [3.8, 4) is 55.6 Å². The summed E-state index contributed by atoms with van der Waals surface area (Å²) in [4.78, 5) is 2.40. The second-order valence-electron chi connectivity index (χ2n) is 16.9. The largest absolute Gasteiger partial charge is 0.310 e. The van der Waals surface area contributed by atoms with Crippen LogP contribution in [0.15, 0.2) is 261 Å². The van der Waals surface area contributed by atoms with Crippen LogP contribution in [0.4, 0.5) is 17.1 Å². The molecule has 12 aromatic rings. The van der Waals surface area contributed by atoms with Gasteiger partial charge in [0.1, 0.15) is 0 Å². The first-order chi connectivity index (χ1) is 32.2. The molecule has 0 spiro atoms. The van der Waals surface area contributed by atoms with Crippen molar-refractivity contribution in [1.82, 2.24) is 0 Å². The van der Waals surface area contributed by atoms with E-state index in [9.17, 15) is 0 Å². The molecular weight excluding hydrogens is 783 g/mol. The number of rotatable bonds is 8. The van der Waals surface area contributed by atoms with Gasteiger partial charge in [-0.25, -0.2) is 0 Å². The summed E-state index contributed by atoms with van der Waals surface area (Å²) >= 11 is 0. The minimum atomic E-state index is 1.09. The predicted octanol–water partition coefficient (Wildman–Crippen LogP) is 18.1. The van der Waals surface area contributed by atoms with Crippen molar-refractivity contribution in [2.75, 3.05) is 4.90 Å². The topological polar surface area (TPSA) is 3.24 Å². The van der Waals surface area contributed by atoms with Crippen LogP contribution >= 0.6 is 0 Å². The summed E-state index contributed by atoms with van der Waals surface area (Å²) in [6.45, 7) is 0. The Kier molecular flexibility index (Phi) is 9.58. The molecule has 0 aromatic heterocycles. The third-order valence-corrected chi connectivity index (χ3v) is 13.1. The van der Waals surface area contributed by atoms with Crippen molar-refractivity contribution in [2.45, 2.75) is 0 Å². The fourth-order valence-electron chi connectivity index (χ4n) is 9.79. The van der Waals surface area contributed by atoms with Gasteiger partial charge in [0, 0.05) is 17.1 Å². The predicted molar refractivity (Wildman–Crippen MR) is 278 cm³/mol. The highest BCUT2D eigenvalue weighted by molar-refractivity contribution is 6.14. The first kappa shape index (κ1) is 38.2. The van der Waals surface area contributed by atoms with Crippen molar-refractivity contribution >= 4 is 60.2 Å². The van der Waals surface area contributed by atoms with Crippen molar-refractivity contribution in [2.24, 2.45) is 0 Å². The number of nitrogens with zero attached hydrogens (tertiary/aromatic N) is 1. The zero-order chi connectivity index (χ0) is 43.1. The van der Waals surface area contributed by atoms with Crippen LogP contribution < -0.4 is 4.90 Å². The minimum Gasteiger partial charge on any atom is -0.310 e. The lowest BCUT2D eigenvalue weighted by Crippen LogP contribution is -2.10. The standard InChI is InChI=1S/C64H43N/c1-2-14-47(15-3-1)64-43-56(39-40-60(64)49-28-26-48(27-29-49)58-24-12-19-46-16-6-8-20-57(46)58)65(54-35-31-45(32-36-54)52-30-25-44-13-4-5-17-51(44)41-52)55-37-33-50(34-38-55)63-42-53-18-7-9-21-59(53)61-22-10-11-23-62(61)63/h1-43H. The number of hydrogen-bond acceptors (Lipinski definition) is 1. The van der Waals surface area contributed by atoms with E-state index in [-0.39, 0.29) is 0 Å². The van der Waals surface area contributed by atoms with Gasteiger partial charge >= 0.3 is 0 Å². The summed E-state index contributed by atoms with van der Waals surface area (Å²) in [5, 5.41) is 10.1. The summed E-state index contributed by atoms with van der Waals surface area (Å²) in [5.41, 5.74) is 15.3. The summed E-state index contributed by atoms with van der Waals surface area (Å²) in [6, 6.07) is 95.3. The third-order valence-electron chi connectivity index (χ3n) is 13.1. The molecule has 0 unspecified atom stereocenters. The number of fused-ring (bicyclic) bond motifs is 5. The van der Waals surface area contributed by atoms with E-state index in [1.807, 2.05) is 0 Å². The monoisotopic (exact) mass is 825 g/mol. The van der Waals surface area contributed by atoms with Crippen LogP contribution in [0.3, 0.4) is 0 Å². The number of anilines is 3. The van der Waals surface area contributed by atoms with E-state index in [2.05, 4.69) is 266 Å². The highest BCUT2D eigenvalue weighted by Crippen LogP contribution is 2.43. The maximum Gasteiger partial charge on any atom is 0.0468 e. The fraction of sp³-hybridized carbons (Fsp3) is 0. The summed E-state index contributed by atoms with van der Waals surface area (Å²) in [7, 11) is 0. The second kappa shape index (κ2) is 16.3. The zero-order valence-electron chi connectivity index (χ0n) is 35.8. The molecule has 0 aliphatic rings. The van der Waals surface area contributed by atoms with Gasteiger partial charge in [0.15, 0.2) is 0 Å². The van der Waals surface area contributed by atoms with Gasteiger partial charge in [0.2, 0.25) is 0 Å². The fourth-order valence-corrected chi connectivity index (χ4v) is 9.79. The highest BCUT2D eigenvalue weighted by atomic mass is 15.1. The molecule has 1 heteroatoms. The van der Waals surface area contributed by atoms with Crippen molar-refractivity contribution in [1.29, 1.82) is 0 Å². The van der Waals surface area contributed by atoms with E-state index < -0.39 is 0 Å². The number of hydrogen-bond donors (Lipinski definition) is 0. The molecular formula is C64H43N. The Bertz CT molecular complexity index is 3670. The third kappa shape index (κ3) is 7.10. The van der Waals surface area contributed by atoms with E-state index in [0.717, 1.165) is 17.1 Å². The number of benzene rings is 12. The van der Waals surface area contributed by atoms with Gasteiger partial charge in [-0.1, -0.05) is 212 Å². The van der Waals surface area contributed by atoms with Crippen LogP contribution in [0.5, 0.6) is 0 Å². The van der Waals surface area contributed by atoms with Gasteiger partial charge in [-0.15, -0.1) is 0 Å². The van der Waals surface area contributed by atoms with Gasteiger partial charge in [-0.2, -0.15) is 0 Å². The van der Waals surface area contributed by atoms with Crippen molar-refractivity contribution in [3.05, 3.63) is 261 Å². The Morgan fingerprint density at radius 1 is 0.185 bits per heavy atom. The average molecular weight is 826 g/mol. The molecule has 0 N–H and O–H groups in total. The van der Waals surface area contributed by atoms with E-state index >= 15 is 0 Å². The summed E-state index contributed by atoms with van der Waals surface area (Å²) in [6.07, 6.45) is 0. The minimum absolute atomic E-state index is 1.09. The molecule has 0 radical (unpaired) electrons. The SMILES string of the molecule is c1ccc(-c2cc(N(c3ccc(-c4ccc5ccccc5c4)cc3)c3ccc(-c4cc5ccccc5c5ccccc45)cc3)ccc2-c2ccc(-c3cccc4ccccc34)cc2)cc1. The Balaban J connectivity index is 0.978. The average Bonchev–Trinajstić information content (AvgIpc) is 3.39.